The molecule has 0 aromatic carbocycles. The highest BCUT2D eigenvalue weighted by Crippen LogP contribution is 2.25. The number of ether oxygens (including phenoxy) is 1. The van der Waals surface area contributed by atoms with E-state index in [2.05, 4.69) is 10.1 Å². The average Bonchev–Trinajstić information content (AvgIpc) is 2.52. The summed E-state index contributed by atoms with van der Waals surface area (Å²) in [6, 6.07) is 0. The van der Waals surface area contributed by atoms with Gasteiger partial charge in [-0.3, -0.25) is 4.79 Å². The second-order valence-corrected chi connectivity index (χ2v) is 2.86. The quantitative estimate of drug-likeness (QED) is 0.587. The van der Waals surface area contributed by atoms with Crippen LogP contribution in [0, 0.1) is 5.41 Å². The fraction of sp³-hybridized carbons (Fsp3) is 0.857. The van der Waals surface area contributed by atoms with Gasteiger partial charge in [-0.25, -0.2) is 0 Å². The third-order valence-electron chi connectivity index (χ3n) is 2.16. The summed E-state index contributed by atoms with van der Waals surface area (Å²) >= 11 is 0. The standard InChI is InChI=1S/C7H13NO3.ClH/c1-11-6(10)7(5-9)2-3-8-4-7;/h8-9H,2-5H2,1H3;1H. The molecule has 1 aliphatic rings. The second-order valence-electron chi connectivity index (χ2n) is 2.86. The summed E-state index contributed by atoms with van der Waals surface area (Å²) < 4.78 is 4.59. The van der Waals surface area contributed by atoms with Gasteiger partial charge in [0.25, 0.3) is 0 Å². The first-order chi connectivity index (χ1) is 5.25. The van der Waals surface area contributed by atoms with Gasteiger partial charge in [0, 0.05) is 6.54 Å². The Morgan fingerprint density at radius 1 is 1.75 bits per heavy atom. The van der Waals surface area contributed by atoms with Crippen molar-refractivity contribution in [2.24, 2.45) is 5.41 Å². The molecule has 4 nitrogen and oxygen atoms in total. The Hall–Kier alpha value is -0.320. The molecule has 0 aromatic rings. The van der Waals surface area contributed by atoms with Crippen molar-refractivity contribution in [3.8, 4) is 0 Å². The molecule has 0 amide bonds. The van der Waals surface area contributed by atoms with Gasteiger partial charge in [0.1, 0.15) is 5.41 Å². The fourth-order valence-electron chi connectivity index (χ4n) is 1.33. The Morgan fingerprint density at radius 2 is 2.42 bits per heavy atom. The molecule has 1 saturated heterocycles. The van der Waals surface area contributed by atoms with Gasteiger partial charge in [0.05, 0.1) is 13.7 Å². The molecule has 72 valence electrons. The van der Waals surface area contributed by atoms with E-state index < -0.39 is 5.41 Å². The van der Waals surface area contributed by atoms with Gasteiger partial charge in [-0.1, -0.05) is 0 Å². The van der Waals surface area contributed by atoms with Gasteiger partial charge in [-0.05, 0) is 13.0 Å². The maximum Gasteiger partial charge on any atom is 0.315 e. The van der Waals surface area contributed by atoms with Crippen LogP contribution in [0.1, 0.15) is 6.42 Å². The number of hydrogen-bond acceptors (Lipinski definition) is 4. The van der Waals surface area contributed by atoms with Crippen LogP contribution in [0.4, 0.5) is 0 Å². The van der Waals surface area contributed by atoms with Crippen LogP contribution >= 0.6 is 12.4 Å². The molecule has 1 unspecified atom stereocenters. The number of esters is 1. The van der Waals surface area contributed by atoms with E-state index in [1.807, 2.05) is 0 Å². The fourth-order valence-corrected chi connectivity index (χ4v) is 1.33. The lowest BCUT2D eigenvalue weighted by molar-refractivity contribution is -0.153. The molecule has 1 rings (SSSR count). The predicted molar refractivity (Wildman–Crippen MR) is 46.3 cm³/mol. The number of nitrogens with one attached hydrogen (secondary N) is 1. The molecule has 0 radical (unpaired) electrons. The summed E-state index contributed by atoms with van der Waals surface area (Å²) in [6.07, 6.45) is 0.663. The summed E-state index contributed by atoms with van der Waals surface area (Å²) in [5.41, 5.74) is -0.672. The number of aliphatic hydroxyl groups is 1. The van der Waals surface area contributed by atoms with Gasteiger partial charge >= 0.3 is 5.97 Å². The summed E-state index contributed by atoms with van der Waals surface area (Å²) in [7, 11) is 1.35. The zero-order valence-corrected chi connectivity index (χ0v) is 7.82. The molecule has 5 heteroatoms. The van der Waals surface area contributed by atoms with Crippen LogP contribution in [0.25, 0.3) is 0 Å². The molecule has 1 fully saturated rings. The molecule has 2 N–H and O–H groups in total. The summed E-state index contributed by atoms with van der Waals surface area (Å²) in [4.78, 5) is 11.1. The molecular formula is C7H14ClNO3. The Labute approximate surface area is 77.7 Å². The van der Waals surface area contributed by atoms with Gasteiger partial charge < -0.3 is 15.2 Å². The molecule has 0 aliphatic carbocycles. The smallest absolute Gasteiger partial charge is 0.315 e. The van der Waals surface area contributed by atoms with Crippen molar-refractivity contribution >= 4 is 18.4 Å². The maximum atomic E-state index is 11.1. The van der Waals surface area contributed by atoms with Gasteiger partial charge in [-0.2, -0.15) is 0 Å². The number of aliphatic hydroxyl groups excluding tert-OH is 1. The molecule has 1 aliphatic heterocycles. The largest absolute Gasteiger partial charge is 0.468 e. The minimum atomic E-state index is -0.672. The average molecular weight is 196 g/mol. The van der Waals surface area contributed by atoms with Crippen molar-refractivity contribution in [3.05, 3.63) is 0 Å². The number of hydrogen-bond donors (Lipinski definition) is 2. The van der Waals surface area contributed by atoms with Crippen molar-refractivity contribution in [2.45, 2.75) is 6.42 Å². The van der Waals surface area contributed by atoms with Gasteiger partial charge in [0.2, 0.25) is 0 Å². The number of rotatable bonds is 2. The van der Waals surface area contributed by atoms with Gasteiger partial charge in [-0.15, -0.1) is 12.4 Å². The molecule has 1 atom stereocenters. The zero-order chi connectivity index (χ0) is 8.32. The summed E-state index contributed by atoms with van der Waals surface area (Å²) in [6.45, 7) is 1.17. The van der Waals surface area contributed by atoms with Crippen LogP contribution in [0.2, 0.25) is 0 Å². The van der Waals surface area contributed by atoms with E-state index in [1.54, 1.807) is 0 Å². The normalized spacial score (nSPS) is 27.8. The highest BCUT2D eigenvalue weighted by molar-refractivity contribution is 5.85. The van der Waals surface area contributed by atoms with Crippen molar-refractivity contribution in [2.75, 3.05) is 26.8 Å². The minimum absolute atomic E-state index is 0. The third-order valence-corrected chi connectivity index (χ3v) is 2.16. The van der Waals surface area contributed by atoms with Crippen LogP contribution < -0.4 is 5.32 Å². The lowest BCUT2D eigenvalue weighted by atomic mass is 9.88. The molecule has 0 aromatic heterocycles. The topological polar surface area (TPSA) is 58.6 Å². The van der Waals surface area contributed by atoms with E-state index in [4.69, 9.17) is 5.11 Å². The lowest BCUT2D eigenvalue weighted by Gasteiger charge is -2.21. The van der Waals surface area contributed by atoms with Crippen molar-refractivity contribution in [1.29, 1.82) is 0 Å². The minimum Gasteiger partial charge on any atom is -0.468 e. The van der Waals surface area contributed by atoms with Crippen LogP contribution in [-0.4, -0.2) is 37.9 Å². The first-order valence-electron chi connectivity index (χ1n) is 3.65. The summed E-state index contributed by atoms with van der Waals surface area (Å²) in [5.74, 6) is -0.315. The van der Waals surface area contributed by atoms with Crippen molar-refractivity contribution < 1.29 is 14.6 Å². The molecule has 0 bridgehead atoms. The molecule has 12 heavy (non-hydrogen) atoms. The van der Waals surface area contributed by atoms with Crippen LogP contribution in [0.15, 0.2) is 0 Å². The molecule has 1 heterocycles. The van der Waals surface area contributed by atoms with E-state index in [-0.39, 0.29) is 25.0 Å². The van der Waals surface area contributed by atoms with Crippen LogP contribution in [-0.2, 0) is 9.53 Å². The van der Waals surface area contributed by atoms with Gasteiger partial charge in [0.15, 0.2) is 0 Å². The Morgan fingerprint density at radius 3 is 2.75 bits per heavy atom. The Kier molecular flexibility index (Phi) is 4.52. The molecular weight excluding hydrogens is 182 g/mol. The first kappa shape index (κ1) is 11.7. The van der Waals surface area contributed by atoms with Crippen molar-refractivity contribution in [3.63, 3.8) is 0 Å². The predicted octanol–water partition coefficient (Wildman–Crippen LogP) is -0.447. The third kappa shape index (κ3) is 1.88. The number of methoxy groups -OCH3 is 1. The first-order valence-corrected chi connectivity index (χ1v) is 3.65. The van der Waals surface area contributed by atoms with E-state index in [0.717, 1.165) is 6.54 Å². The summed E-state index contributed by atoms with van der Waals surface area (Å²) in [5, 5.41) is 12.0. The van der Waals surface area contributed by atoms with E-state index in [0.29, 0.717) is 13.0 Å². The van der Waals surface area contributed by atoms with Crippen LogP contribution in [0.3, 0.4) is 0 Å². The maximum absolute atomic E-state index is 11.1. The van der Waals surface area contributed by atoms with Crippen LogP contribution in [0.5, 0.6) is 0 Å². The Balaban J connectivity index is 0.00000121. The number of carbonyl (C=O) groups is 1. The van der Waals surface area contributed by atoms with Crippen molar-refractivity contribution in [1.82, 2.24) is 5.32 Å². The van der Waals surface area contributed by atoms with E-state index in [1.165, 1.54) is 7.11 Å². The van der Waals surface area contributed by atoms with E-state index in [9.17, 15) is 4.79 Å². The molecule has 0 saturated carbocycles. The zero-order valence-electron chi connectivity index (χ0n) is 7.00. The second kappa shape index (κ2) is 4.64. The Bertz CT molecular complexity index is 157. The molecule has 0 spiro atoms. The monoisotopic (exact) mass is 195 g/mol. The SMILES string of the molecule is COC(=O)C1(CO)CCNC1.Cl. The highest BCUT2D eigenvalue weighted by Gasteiger charge is 2.41. The number of carbonyl (C=O) groups excluding carboxylic acids is 1. The van der Waals surface area contributed by atoms with E-state index >= 15 is 0 Å². The lowest BCUT2D eigenvalue weighted by Crippen LogP contribution is -2.37. The number of halogens is 1. The highest BCUT2D eigenvalue weighted by atomic mass is 35.5.